The van der Waals surface area contributed by atoms with Crippen molar-refractivity contribution in [3.63, 3.8) is 0 Å². The molecule has 0 unspecified atom stereocenters. The standard InChI is InChI=1S/C16H16BrClN2O/c1-11(14-4-2-3-5-15(14)17)19-10-16(21)20-13-8-6-12(18)7-9-13/h2-9,11,19H,10H2,1H3,(H,20,21)/t11-/m1/s1. The summed E-state index contributed by atoms with van der Waals surface area (Å²) in [6.07, 6.45) is 0. The van der Waals surface area contributed by atoms with E-state index in [4.69, 9.17) is 11.6 Å². The van der Waals surface area contributed by atoms with Crippen molar-refractivity contribution in [2.45, 2.75) is 13.0 Å². The van der Waals surface area contributed by atoms with Gasteiger partial charge in [0.25, 0.3) is 0 Å². The van der Waals surface area contributed by atoms with Crippen LogP contribution in [0, 0.1) is 0 Å². The zero-order valence-electron chi connectivity index (χ0n) is 11.6. The van der Waals surface area contributed by atoms with E-state index in [1.165, 1.54) is 0 Å². The summed E-state index contributed by atoms with van der Waals surface area (Å²) >= 11 is 9.32. The molecule has 0 saturated heterocycles. The molecule has 0 aliphatic carbocycles. The Labute approximate surface area is 137 Å². The topological polar surface area (TPSA) is 41.1 Å². The molecule has 0 radical (unpaired) electrons. The van der Waals surface area contributed by atoms with Gasteiger partial charge in [-0.1, -0.05) is 45.7 Å². The Hall–Kier alpha value is -1.36. The highest BCUT2D eigenvalue weighted by molar-refractivity contribution is 9.10. The van der Waals surface area contributed by atoms with Gasteiger partial charge in [-0.25, -0.2) is 0 Å². The van der Waals surface area contributed by atoms with Crippen molar-refractivity contribution in [3.8, 4) is 0 Å². The SMILES string of the molecule is C[C@@H](NCC(=O)Nc1ccc(Cl)cc1)c1ccccc1Br. The minimum absolute atomic E-state index is 0.0801. The van der Waals surface area contributed by atoms with Gasteiger partial charge in [0.1, 0.15) is 0 Å². The fraction of sp³-hybridized carbons (Fsp3) is 0.188. The van der Waals surface area contributed by atoms with E-state index in [1.54, 1.807) is 24.3 Å². The van der Waals surface area contributed by atoms with Gasteiger partial charge in [0, 0.05) is 21.2 Å². The number of hydrogen-bond acceptors (Lipinski definition) is 2. The van der Waals surface area contributed by atoms with Gasteiger partial charge in [-0.05, 0) is 42.8 Å². The van der Waals surface area contributed by atoms with Gasteiger partial charge in [-0.2, -0.15) is 0 Å². The van der Waals surface area contributed by atoms with Gasteiger partial charge in [0.05, 0.1) is 6.54 Å². The number of carbonyl (C=O) groups is 1. The van der Waals surface area contributed by atoms with Crippen LogP contribution in [-0.4, -0.2) is 12.5 Å². The van der Waals surface area contributed by atoms with E-state index in [-0.39, 0.29) is 18.5 Å². The molecular formula is C16H16BrClN2O. The Bertz CT molecular complexity index is 616. The average molecular weight is 368 g/mol. The van der Waals surface area contributed by atoms with Gasteiger partial charge in [-0.3, -0.25) is 4.79 Å². The molecule has 1 atom stereocenters. The summed E-state index contributed by atoms with van der Waals surface area (Å²) in [5, 5.41) is 6.67. The third-order valence-corrected chi connectivity index (χ3v) is 4.04. The van der Waals surface area contributed by atoms with Gasteiger partial charge < -0.3 is 10.6 Å². The van der Waals surface area contributed by atoms with Crippen LogP contribution < -0.4 is 10.6 Å². The summed E-state index contributed by atoms with van der Waals surface area (Å²) in [5.74, 6) is -0.0868. The van der Waals surface area contributed by atoms with Crippen molar-refractivity contribution in [2.75, 3.05) is 11.9 Å². The Kier molecular flexibility index (Phi) is 5.79. The zero-order valence-corrected chi connectivity index (χ0v) is 13.9. The molecule has 2 N–H and O–H groups in total. The summed E-state index contributed by atoms with van der Waals surface area (Å²) in [7, 11) is 0. The lowest BCUT2D eigenvalue weighted by Crippen LogP contribution is -2.30. The van der Waals surface area contributed by atoms with Crippen LogP contribution >= 0.6 is 27.5 Å². The lowest BCUT2D eigenvalue weighted by atomic mass is 10.1. The van der Waals surface area contributed by atoms with Crippen LogP contribution in [-0.2, 0) is 4.79 Å². The third-order valence-electron chi connectivity index (χ3n) is 3.07. The number of hydrogen-bond donors (Lipinski definition) is 2. The first-order valence-electron chi connectivity index (χ1n) is 6.59. The van der Waals surface area contributed by atoms with E-state index in [9.17, 15) is 4.79 Å². The molecule has 5 heteroatoms. The number of amides is 1. The molecule has 1 amide bonds. The van der Waals surface area contributed by atoms with Crippen molar-refractivity contribution in [1.29, 1.82) is 0 Å². The number of anilines is 1. The highest BCUT2D eigenvalue weighted by atomic mass is 79.9. The number of nitrogens with one attached hydrogen (secondary N) is 2. The van der Waals surface area contributed by atoms with Gasteiger partial charge >= 0.3 is 0 Å². The zero-order chi connectivity index (χ0) is 15.2. The summed E-state index contributed by atoms with van der Waals surface area (Å²) in [4.78, 5) is 11.9. The summed E-state index contributed by atoms with van der Waals surface area (Å²) in [6.45, 7) is 2.26. The summed E-state index contributed by atoms with van der Waals surface area (Å²) < 4.78 is 1.03. The van der Waals surface area contributed by atoms with Crippen LogP contribution in [0.25, 0.3) is 0 Å². The van der Waals surface area contributed by atoms with Crippen molar-refractivity contribution >= 4 is 39.1 Å². The Balaban J connectivity index is 1.86. The van der Waals surface area contributed by atoms with Gasteiger partial charge in [0.2, 0.25) is 5.91 Å². The first-order valence-corrected chi connectivity index (χ1v) is 7.76. The minimum Gasteiger partial charge on any atom is -0.325 e. The van der Waals surface area contributed by atoms with E-state index in [0.29, 0.717) is 5.02 Å². The lowest BCUT2D eigenvalue weighted by molar-refractivity contribution is -0.115. The van der Waals surface area contributed by atoms with Crippen LogP contribution in [0.3, 0.4) is 0 Å². The first-order chi connectivity index (χ1) is 10.1. The van der Waals surface area contributed by atoms with E-state index in [1.807, 2.05) is 31.2 Å². The molecule has 0 saturated carbocycles. The third kappa shape index (κ3) is 4.84. The smallest absolute Gasteiger partial charge is 0.238 e. The average Bonchev–Trinajstić information content (AvgIpc) is 2.48. The van der Waals surface area contributed by atoms with E-state index in [0.717, 1.165) is 15.7 Å². The molecule has 0 fully saturated rings. The normalized spacial score (nSPS) is 12.0. The fourth-order valence-corrected chi connectivity index (χ4v) is 2.67. The summed E-state index contributed by atoms with van der Waals surface area (Å²) in [5.41, 5.74) is 1.86. The number of halogens is 2. The molecular weight excluding hydrogens is 352 g/mol. The van der Waals surface area contributed by atoms with Crippen LogP contribution in [0.5, 0.6) is 0 Å². The van der Waals surface area contributed by atoms with Gasteiger partial charge in [0.15, 0.2) is 0 Å². The predicted octanol–water partition coefficient (Wildman–Crippen LogP) is 4.39. The van der Waals surface area contributed by atoms with Crippen molar-refractivity contribution < 1.29 is 4.79 Å². The van der Waals surface area contributed by atoms with Crippen molar-refractivity contribution in [2.24, 2.45) is 0 Å². The molecule has 2 aromatic rings. The molecule has 3 nitrogen and oxygen atoms in total. The van der Waals surface area contributed by atoms with E-state index in [2.05, 4.69) is 26.6 Å². The molecule has 2 aromatic carbocycles. The molecule has 0 bridgehead atoms. The molecule has 2 rings (SSSR count). The maximum Gasteiger partial charge on any atom is 0.238 e. The highest BCUT2D eigenvalue weighted by Gasteiger charge is 2.10. The predicted molar refractivity (Wildman–Crippen MR) is 90.6 cm³/mol. The number of benzene rings is 2. The van der Waals surface area contributed by atoms with Gasteiger partial charge in [-0.15, -0.1) is 0 Å². The molecule has 21 heavy (non-hydrogen) atoms. The lowest BCUT2D eigenvalue weighted by Gasteiger charge is -2.15. The first kappa shape index (κ1) is 16.0. The maximum atomic E-state index is 11.9. The van der Waals surface area contributed by atoms with E-state index >= 15 is 0 Å². The fourth-order valence-electron chi connectivity index (χ4n) is 1.92. The quantitative estimate of drug-likeness (QED) is 0.823. The largest absolute Gasteiger partial charge is 0.325 e. The number of carbonyl (C=O) groups excluding carboxylic acids is 1. The summed E-state index contributed by atoms with van der Waals surface area (Å²) in [6, 6.07) is 15.1. The second-order valence-electron chi connectivity index (χ2n) is 4.68. The van der Waals surface area contributed by atoms with Crippen molar-refractivity contribution in [3.05, 3.63) is 63.6 Å². The monoisotopic (exact) mass is 366 g/mol. The second kappa shape index (κ2) is 7.59. The Morgan fingerprint density at radius 2 is 1.86 bits per heavy atom. The number of rotatable bonds is 5. The Morgan fingerprint density at radius 1 is 1.19 bits per heavy atom. The van der Waals surface area contributed by atoms with E-state index < -0.39 is 0 Å². The molecule has 0 aromatic heterocycles. The second-order valence-corrected chi connectivity index (χ2v) is 5.97. The minimum atomic E-state index is -0.0868. The molecule has 0 heterocycles. The maximum absolute atomic E-state index is 11.9. The van der Waals surface area contributed by atoms with Crippen LogP contribution in [0.4, 0.5) is 5.69 Å². The van der Waals surface area contributed by atoms with Crippen LogP contribution in [0.2, 0.25) is 5.02 Å². The molecule has 0 aliphatic heterocycles. The molecule has 110 valence electrons. The molecule has 0 aliphatic rings. The Morgan fingerprint density at radius 3 is 2.52 bits per heavy atom. The molecule has 0 spiro atoms. The van der Waals surface area contributed by atoms with Crippen molar-refractivity contribution in [1.82, 2.24) is 5.32 Å². The highest BCUT2D eigenvalue weighted by Crippen LogP contribution is 2.22. The van der Waals surface area contributed by atoms with Crippen LogP contribution in [0.1, 0.15) is 18.5 Å². The van der Waals surface area contributed by atoms with Crippen LogP contribution in [0.15, 0.2) is 53.0 Å².